The molecule has 0 aliphatic carbocycles. The van der Waals surface area contributed by atoms with E-state index in [9.17, 15) is 0 Å². The predicted octanol–water partition coefficient (Wildman–Crippen LogP) is 0.999. The van der Waals surface area contributed by atoms with Crippen LogP contribution < -0.4 is 0 Å². The highest BCUT2D eigenvalue weighted by atomic mass is 16.5. The van der Waals surface area contributed by atoms with Gasteiger partial charge in [-0.2, -0.15) is 0 Å². The normalized spacial score (nSPS) is 36.0. The SMILES string of the molecule is C[C]1COC1C. The first-order valence-electron chi connectivity index (χ1n) is 2.24. The third-order valence-corrected chi connectivity index (χ3v) is 1.25. The zero-order valence-corrected chi connectivity index (χ0v) is 4.19. The molecule has 1 rings (SSSR count). The largest absolute Gasteiger partial charge is 0.377 e. The molecule has 1 unspecified atom stereocenters. The molecule has 6 heavy (non-hydrogen) atoms. The summed E-state index contributed by atoms with van der Waals surface area (Å²) in [5.41, 5.74) is 0. The Balaban J connectivity index is 2.20. The van der Waals surface area contributed by atoms with Crippen LogP contribution in [-0.2, 0) is 4.74 Å². The molecule has 0 aromatic carbocycles. The minimum absolute atomic E-state index is 0.449. The molecule has 35 valence electrons. The summed E-state index contributed by atoms with van der Waals surface area (Å²) in [5, 5.41) is 0. The van der Waals surface area contributed by atoms with E-state index in [-0.39, 0.29) is 0 Å². The van der Waals surface area contributed by atoms with Crippen LogP contribution in [0, 0.1) is 5.92 Å². The lowest BCUT2D eigenvalue weighted by atomic mass is 10.0. The molecule has 1 aliphatic rings. The Morgan fingerprint density at radius 1 is 1.83 bits per heavy atom. The van der Waals surface area contributed by atoms with E-state index < -0.39 is 0 Å². The Labute approximate surface area is 38.3 Å². The zero-order chi connectivity index (χ0) is 4.57. The predicted molar refractivity (Wildman–Crippen MR) is 24.3 cm³/mol. The van der Waals surface area contributed by atoms with Crippen molar-refractivity contribution in [2.75, 3.05) is 6.61 Å². The van der Waals surface area contributed by atoms with Gasteiger partial charge in [0.05, 0.1) is 12.7 Å². The van der Waals surface area contributed by atoms with Gasteiger partial charge in [0.25, 0.3) is 0 Å². The van der Waals surface area contributed by atoms with E-state index in [4.69, 9.17) is 4.74 Å². The van der Waals surface area contributed by atoms with Crippen LogP contribution in [0.2, 0.25) is 0 Å². The van der Waals surface area contributed by atoms with Gasteiger partial charge in [0.2, 0.25) is 0 Å². The van der Waals surface area contributed by atoms with E-state index in [1.165, 1.54) is 5.92 Å². The molecule has 1 aliphatic heterocycles. The number of hydrogen-bond acceptors (Lipinski definition) is 1. The minimum atomic E-state index is 0.449. The second kappa shape index (κ2) is 1.23. The average molecular weight is 85.1 g/mol. The lowest BCUT2D eigenvalue weighted by Gasteiger charge is -2.29. The Bertz CT molecular complexity index is 43.9. The van der Waals surface area contributed by atoms with Crippen LogP contribution in [0.1, 0.15) is 13.8 Å². The fourth-order valence-electron chi connectivity index (χ4n) is 0.417. The summed E-state index contributed by atoms with van der Waals surface area (Å²) in [7, 11) is 0. The Hall–Kier alpha value is -0.0400. The van der Waals surface area contributed by atoms with Gasteiger partial charge >= 0.3 is 0 Å². The van der Waals surface area contributed by atoms with E-state index in [0.717, 1.165) is 6.61 Å². The van der Waals surface area contributed by atoms with Crippen molar-refractivity contribution in [2.45, 2.75) is 20.0 Å². The van der Waals surface area contributed by atoms with Crippen molar-refractivity contribution >= 4 is 0 Å². The molecular formula is C5H9O. The molecule has 1 fully saturated rings. The van der Waals surface area contributed by atoms with Gasteiger partial charge in [-0.05, 0) is 6.92 Å². The van der Waals surface area contributed by atoms with Gasteiger partial charge in [-0.1, -0.05) is 6.92 Å². The van der Waals surface area contributed by atoms with Crippen molar-refractivity contribution in [2.24, 2.45) is 0 Å². The monoisotopic (exact) mass is 85.1 g/mol. The highest BCUT2D eigenvalue weighted by Gasteiger charge is 2.22. The summed E-state index contributed by atoms with van der Waals surface area (Å²) < 4.78 is 5.01. The van der Waals surface area contributed by atoms with Crippen LogP contribution in [0.15, 0.2) is 0 Å². The molecule has 1 nitrogen and oxygen atoms in total. The van der Waals surface area contributed by atoms with E-state index in [0.29, 0.717) is 6.10 Å². The summed E-state index contributed by atoms with van der Waals surface area (Å²) in [5.74, 6) is 1.47. The maximum Gasteiger partial charge on any atom is 0.0629 e. The van der Waals surface area contributed by atoms with Gasteiger partial charge in [0.1, 0.15) is 0 Å². The molecule has 0 saturated carbocycles. The molecule has 1 heteroatoms. The van der Waals surface area contributed by atoms with Gasteiger partial charge in [-0.25, -0.2) is 0 Å². The number of ether oxygens (including phenoxy) is 1. The Morgan fingerprint density at radius 2 is 2.33 bits per heavy atom. The zero-order valence-electron chi connectivity index (χ0n) is 4.19. The summed E-state index contributed by atoms with van der Waals surface area (Å²) >= 11 is 0. The highest BCUT2D eigenvalue weighted by Crippen LogP contribution is 2.19. The molecule has 0 N–H and O–H groups in total. The van der Waals surface area contributed by atoms with Gasteiger partial charge in [-0.3, -0.25) is 0 Å². The third-order valence-electron chi connectivity index (χ3n) is 1.25. The van der Waals surface area contributed by atoms with E-state index in [1.54, 1.807) is 0 Å². The minimum Gasteiger partial charge on any atom is -0.377 e. The maximum absolute atomic E-state index is 5.01. The maximum atomic E-state index is 5.01. The third kappa shape index (κ3) is 0.432. The molecule has 1 radical (unpaired) electrons. The molecule has 1 heterocycles. The fourth-order valence-corrected chi connectivity index (χ4v) is 0.417. The van der Waals surface area contributed by atoms with Crippen LogP contribution in [0.4, 0.5) is 0 Å². The van der Waals surface area contributed by atoms with Crippen LogP contribution >= 0.6 is 0 Å². The van der Waals surface area contributed by atoms with Gasteiger partial charge in [-0.15, -0.1) is 0 Å². The fraction of sp³-hybridized carbons (Fsp3) is 0.800. The first-order valence-corrected chi connectivity index (χ1v) is 2.24. The first kappa shape index (κ1) is 4.13. The van der Waals surface area contributed by atoms with E-state index in [2.05, 4.69) is 13.8 Å². The summed E-state index contributed by atoms with van der Waals surface area (Å²) in [6.07, 6.45) is 0.449. The lowest BCUT2D eigenvalue weighted by Crippen LogP contribution is -2.32. The van der Waals surface area contributed by atoms with Gasteiger partial charge in [0, 0.05) is 5.92 Å². The quantitative estimate of drug-likeness (QED) is 0.426. The van der Waals surface area contributed by atoms with Crippen molar-refractivity contribution in [3.63, 3.8) is 0 Å². The molecule has 0 spiro atoms. The smallest absolute Gasteiger partial charge is 0.0629 e. The van der Waals surface area contributed by atoms with E-state index in [1.807, 2.05) is 0 Å². The molecule has 1 atom stereocenters. The highest BCUT2D eigenvalue weighted by molar-refractivity contribution is 4.98. The van der Waals surface area contributed by atoms with Crippen molar-refractivity contribution in [1.82, 2.24) is 0 Å². The van der Waals surface area contributed by atoms with Crippen molar-refractivity contribution in [3.8, 4) is 0 Å². The van der Waals surface area contributed by atoms with Gasteiger partial charge < -0.3 is 4.74 Å². The van der Waals surface area contributed by atoms with Crippen LogP contribution in [0.3, 0.4) is 0 Å². The molecule has 0 amide bonds. The van der Waals surface area contributed by atoms with Crippen LogP contribution in [0.5, 0.6) is 0 Å². The lowest BCUT2D eigenvalue weighted by molar-refractivity contribution is -0.00618. The molecule has 1 saturated heterocycles. The second-order valence-corrected chi connectivity index (χ2v) is 1.80. The average Bonchev–Trinajstić information content (AvgIpc) is 1.61. The van der Waals surface area contributed by atoms with Crippen LogP contribution in [0.25, 0.3) is 0 Å². The first-order chi connectivity index (χ1) is 2.80. The standard InChI is InChI=1S/C5H9O/c1-4-3-6-5(4)2/h5H,3H2,1-2H3. The van der Waals surface area contributed by atoms with E-state index >= 15 is 0 Å². The second-order valence-electron chi connectivity index (χ2n) is 1.80. The summed E-state index contributed by atoms with van der Waals surface area (Å²) in [6, 6.07) is 0. The number of hydrogen-bond donors (Lipinski definition) is 0. The molecular weight excluding hydrogens is 76.1 g/mol. The van der Waals surface area contributed by atoms with Crippen LogP contribution in [-0.4, -0.2) is 12.7 Å². The van der Waals surface area contributed by atoms with Gasteiger partial charge in [0.15, 0.2) is 0 Å². The number of rotatable bonds is 0. The van der Waals surface area contributed by atoms with Crippen molar-refractivity contribution < 1.29 is 4.74 Å². The topological polar surface area (TPSA) is 9.23 Å². The van der Waals surface area contributed by atoms with Crippen molar-refractivity contribution in [1.29, 1.82) is 0 Å². The molecule has 0 aromatic rings. The van der Waals surface area contributed by atoms with Crippen molar-refractivity contribution in [3.05, 3.63) is 5.92 Å². The summed E-state index contributed by atoms with van der Waals surface area (Å²) in [6.45, 7) is 5.08. The Kier molecular flexibility index (Phi) is 0.845. The molecule has 0 aromatic heterocycles. The molecule has 0 bridgehead atoms. The summed E-state index contributed by atoms with van der Waals surface area (Å²) in [4.78, 5) is 0. The Morgan fingerprint density at radius 3 is 2.33 bits per heavy atom.